The van der Waals surface area contributed by atoms with Gasteiger partial charge in [0.25, 0.3) is 0 Å². The number of likely N-dealkylation sites (tertiary alicyclic amines) is 1. The average molecular weight is 338 g/mol. The summed E-state index contributed by atoms with van der Waals surface area (Å²) in [5, 5.41) is 3.41. The van der Waals surface area contributed by atoms with Gasteiger partial charge in [-0.15, -0.1) is 0 Å². The van der Waals surface area contributed by atoms with Crippen molar-refractivity contribution in [2.75, 3.05) is 18.9 Å². The van der Waals surface area contributed by atoms with Crippen LogP contribution < -0.4 is 5.32 Å². The quantitative estimate of drug-likeness (QED) is 0.765. The van der Waals surface area contributed by atoms with E-state index in [1.54, 1.807) is 6.20 Å². The van der Waals surface area contributed by atoms with E-state index in [1.165, 1.54) is 0 Å². The molecule has 1 saturated heterocycles. The number of fused-ring (bicyclic) bond motifs is 1. The van der Waals surface area contributed by atoms with Crippen molar-refractivity contribution in [3.8, 4) is 0 Å². The first-order valence-corrected chi connectivity index (χ1v) is 8.55. The summed E-state index contributed by atoms with van der Waals surface area (Å²) in [5.74, 6) is 2.14. The van der Waals surface area contributed by atoms with Crippen molar-refractivity contribution in [3.63, 3.8) is 0 Å². The number of benzene rings is 1. The first-order chi connectivity index (χ1) is 12.1. The molecule has 1 fully saturated rings. The third kappa shape index (κ3) is 2.86. The predicted octanol–water partition coefficient (Wildman–Crippen LogP) is 2.32. The maximum Gasteiger partial charge on any atom is 0.222 e. The number of piperidine rings is 1. The lowest BCUT2D eigenvalue weighted by atomic mass is 9.88. The second kappa shape index (κ2) is 6.23. The topological polar surface area (TPSA) is 78.8 Å². The SMILES string of the molecule is CN1C(=O)CC[C@H](CNc2nc3ccccc3[nH]2)[C@H]1c1nccn1C. The summed E-state index contributed by atoms with van der Waals surface area (Å²) in [4.78, 5) is 26.4. The molecule has 2 N–H and O–H groups in total. The molecule has 2 aromatic heterocycles. The summed E-state index contributed by atoms with van der Waals surface area (Å²) in [6, 6.07) is 7.94. The molecule has 130 valence electrons. The van der Waals surface area contributed by atoms with Gasteiger partial charge >= 0.3 is 0 Å². The van der Waals surface area contributed by atoms with E-state index < -0.39 is 0 Å². The smallest absolute Gasteiger partial charge is 0.222 e. The van der Waals surface area contributed by atoms with Crippen LogP contribution in [-0.2, 0) is 11.8 Å². The molecule has 7 nitrogen and oxygen atoms in total. The molecule has 7 heteroatoms. The largest absolute Gasteiger partial charge is 0.355 e. The Bertz CT molecular complexity index is 865. The van der Waals surface area contributed by atoms with Crippen LogP contribution in [0, 0.1) is 5.92 Å². The van der Waals surface area contributed by atoms with Crippen LogP contribution in [0.1, 0.15) is 24.7 Å². The molecule has 0 radical (unpaired) electrons. The van der Waals surface area contributed by atoms with Gasteiger partial charge in [-0.1, -0.05) is 12.1 Å². The number of imidazole rings is 2. The predicted molar refractivity (Wildman–Crippen MR) is 96.0 cm³/mol. The van der Waals surface area contributed by atoms with E-state index in [1.807, 2.05) is 54.0 Å². The van der Waals surface area contributed by atoms with E-state index in [0.29, 0.717) is 6.42 Å². The van der Waals surface area contributed by atoms with E-state index >= 15 is 0 Å². The van der Waals surface area contributed by atoms with Crippen LogP contribution in [-0.4, -0.2) is 43.9 Å². The second-order valence-corrected chi connectivity index (χ2v) is 6.63. The molecule has 0 aliphatic carbocycles. The number of amides is 1. The monoisotopic (exact) mass is 338 g/mol. The van der Waals surface area contributed by atoms with E-state index in [2.05, 4.69) is 20.3 Å². The number of nitrogens with zero attached hydrogens (tertiary/aromatic N) is 4. The highest BCUT2D eigenvalue weighted by molar-refractivity contribution is 5.78. The second-order valence-electron chi connectivity index (χ2n) is 6.63. The maximum absolute atomic E-state index is 12.2. The Hall–Kier alpha value is -2.83. The van der Waals surface area contributed by atoms with Crippen molar-refractivity contribution in [2.45, 2.75) is 18.9 Å². The van der Waals surface area contributed by atoms with Crippen LogP contribution in [0.25, 0.3) is 11.0 Å². The first-order valence-electron chi connectivity index (χ1n) is 8.55. The summed E-state index contributed by atoms with van der Waals surface area (Å²) in [6.07, 6.45) is 5.12. The molecule has 3 aromatic rings. The minimum absolute atomic E-state index is 0.0295. The van der Waals surface area contributed by atoms with Gasteiger partial charge in [-0.2, -0.15) is 0 Å². The Morgan fingerprint density at radius 2 is 2.16 bits per heavy atom. The van der Waals surface area contributed by atoms with Crippen LogP contribution in [0.3, 0.4) is 0 Å². The van der Waals surface area contributed by atoms with Gasteiger partial charge in [-0.05, 0) is 18.6 Å². The van der Waals surface area contributed by atoms with Crippen LogP contribution in [0.5, 0.6) is 0 Å². The van der Waals surface area contributed by atoms with Gasteiger partial charge in [0, 0.05) is 45.4 Å². The Kier molecular flexibility index (Phi) is 3.91. The maximum atomic E-state index is 12.2. The fourth-order valence-corrected chi connectivity index (χ4v) is 3.64. The number of H-pyrrole nitrogens is 1. The van der Waals surface area contributed by atoms with Crippen molar-refractivity contribution in [1.29, 1.82) is 0 Å². The zero-order valence-electron chi connectivity index (χ0n) is 14.4. The Balaban J connectivity index is 1.55. The van der Waals surface area contributed by atoms with Crippen molar-refractivity contribution >= 4 is 22.9 Å². The number of hydrogen-bond acceptors (Lipinski definition) is 4. The number of anilines is 1. The van der Waals surface area contributed by atoms with Gasteiger partial charge in [-0.3, -0.25) is 4.79 Å². The van der Waals surface area contributed by atoms with Gasteiger partial charge in [0.05, 0.1) is 17.1 Å². The lowest BCUT2D eigenvalue weighted by molar-refractivity contribution is -0.137. The number of carbonyl (C=O) groups excluding carboxylic acids is 1. The fourth-order valence-electron chi connectivity index (χ4n) is 3.64. The van der Waals surface area contributed by atoms with E-state index in [-0.39, 0.29) is 17.9 Å². The third-order valence-corrected chi connectivity index (χ3v) is 5.03. The fraction of sp³-hybridized carbons (Fsp3) is 0.389. The highest BCUT2D eigenvalue weighted by atomic mass is 16.2. The normalized spacial score (nSPS) is 21.0. The van der Waals surface area contributed by atoms with E-state index in [4.69, 9.17) is 0 Å². The lowest BCUT2D eigenvalue weighted by Crippen LogP contribution is -2.43. The third-order valence-electron chi connectivity index (χ3n) is 5.03. The van der Waals surface area contributed by atoms with Crippen LogP contribution >= 0.6 is 0 Å². The van der Waals surface area contributed by atoms with Gasteiger partial charge < -0.3 is 19.8 Å². The van der Waals surface area contributed by atoms with Crippen molar-refractivity contribution in [3.05, 3.63) is 42.5 Å². The molecule has 1 aromatic carbocycles. The summed E-state index contributed by atoms with van der Waals surface area (Å²) >= 11 is 0. The highest BCUT2D eigenvalue weighted by Gasteiger charge is 2.36. The van der Waals surface area contributed by atoms with E-state index in [9.17, 15) is 4.79 Å². The molecule has 4 rings (SSSR count). The summed E-state index contributed by atoms with van der Waals surface area (Å²) in [5.41, 5.74) is 1.96. The molecular weight excluding hydrogens is 316 g/mol. The molecule has 0 bridgehead atoms. The van der Waals surface area contributed by atoms with Crippen LogP contribution in [0.15, 0.2) is 36.7 Å². The molecule has 0 spiro atoms. The number of para-hydroxylation sites is 2. The molecule has 3 heterocycles. The molecule has 0 unspecified atom stereocenters. The highest BCUT2D eigenvalue weighted by Crippen LogP contribution is 2.34. The van der Waals surface area contributed by atoms with Crippen molar-refractivity contribution in [2.24, 2.45) is 13.0 Å². The minimum atomic E-state index is -0.0295. The minimum Gasteiger partial charge on any atom is -0.355 e. The van der Waals surface area contributed by atoms with Gasteiger partial charge in [-0.25, -0.2) is 9.97 Å². The first kappa shape index (κ1) is 15.7. The number of aryl methyl sites for hydroxylation is 1. The number of aromatic nitrogens is 4. The average Bonchev–Trinajstić information content (AvgIpc) is 3.21. The number of hydrogen-bond donors (Lipinski definition) is 2. The Labute approximate surface area is 146 Å². The molecule has 0 saturated carbocycles. The zero-order valence-corrected chi connectivity index (χ0v) is 14.4. The molecule has 2 atom stereocenters. The molecule has 1 amide bonds. The number of nitrogens with one attached hydrogen (secondary N) is 2. The molecule has 1 aliphatic rings. The van der Waals surface area contributed by atoms with Crippen LogP contribution in [0.2, 0.25) is 0 Å². The van der Waals surface area contributed by atoms with Gasteiger partial charge in [0.15, 0.2) is 0 Å². The Morgan fingerprint density at radius 3 is 2.92 bits per heavy atom. The molecular formula is C18H22N6O. The van der Waals surface area contributed by atoms with Gasteiger partial charge in [0.1, 0.15) is 5.82 Å². The summed E-state index contributed by atoms with van der Waals surface area (Å²) in [6.45, 7) is 0.731. The lowest BCUT2D eigenvalue weighted by Gasteiger charge is -2.38. The number of carbonyl (C=O) groups is 1. The summed E-state index contributed by atoms with van der Waals surface area (Å²) in [7, 11) is 3.84. The zero-order chi connectivity index (χ0) is 17.4. The number of rotatable bonds is 4. The summed E-state index contributed by atoms with van der Waals surface area (Å²) < 4.78 is 1.99. The molecule has 1 aliphatic heterocycles. The number of aromatic amines is 1. The molecule has 25 heavy (non-hydrogen) atoms. The van der Waals surface area contributed by atoms with Gasteiger partial charge in [0.2, 0.25) is 11.9 Å². The van der Waals surface area contributed by atoms with E-state index in [0.717, 1.165) is 35.8 Å². The Morgan fingerprint density at radius 1 is 1.32 bits per heavy atom. The van der Waals surface area contributed by atoms with Crippen molar-refractivity contribution in [1.82, 2.24) is 24.4 Å². The van der Waals surface area contributed by atoms with Crippen LogP contribution in [0.4, 0.5) is 5.95 Å². The van der Waals surface area contributed by atoms with Crippen molar-refractivity contribution < 1.29 is 4.79 Å². The standard InChI is InChI=1S/C18H22N6O/c1-23-10-9-19-17(23)16-12(7-8-15(25)24(16)2)11-20-18-21-13-5-3-4-6-14(13)22-18/h3-6,9-10,12,16H,7-8,11H2,1-2H3,(H2,20,21,22)/t12-,16+/m1/s1.